The third kappa shape index (κ3) is 5.40. The van der Waals surface area contributed by atoms with Crippen molar-refractivity contribution in [3.05, 3.63) is 211 Å². The first-order chi connectivity index (χ1) is 28.0. The fourth-order valence-electron chi connectivity index (χ4n) is 9.15. The van der Waals surface area contributed by atoms with Crippen molar-refractivity contribution in [2.45, 2.75) is 19.3 Å². The molecule has 0 aromatic heterocycles. The Morgan fingerprint density at radius 2 is 0.930 bits per heavy atom. The molecule has 1 aliphatic heterocycles. The van der Waals surface area contributed by atoms with Gasteiger partial charge in [-0.3, -0.25) is 0 Å². The topological polar surface area (TPSA) is 12.5 Å². The monoisotopic (exact) mass is 729 g/mol. The number of benzene rings is 9. The normalized spacial score (nSPS) is 13.0. The molecule has 2 aliphatic rings. The van der Waals surface area contributed by atoms with E-state index in [2.05, 4.69) is 213 Å². The number of hydrogen-bond donors (Lipinski definition) is 0. The predicted octanol–water partition coefficient (Wildman–Crippen LogP) is 15.4. The highest BCUT2D eigenvalue weighted by Gasteiger charge is 2.35. The third-order valence-corrected chi connectivity index (χ3v) is 12.1. The van der Waals surface area contributed by atoms with Crippen LogP contribution in [0, 0.1) is 0 Å². The van der Waals surface area contributed by atoms with E-state index in [1.165, 1.54) is 49.9 Å². The maximum absolute atomic E-state index is 6.76. The van der Waals surface area contributed by atoms with Gasteiger partial charge in [0.1, 0.15) is 11.5 Å². The fourth-order valence-corrected chi connectivity index (χ4v) is 9.15. The van der Waals surface area contributed by atoms with E-state index in [1.54, 1.807) is 0 Å². The summed E-state index contributed by atoms with van der Waals surface area (Å²) in [6, 6.07) is 72.6. The van der Waals surface area contributed by atoms with Crippen LogP contribution in [-0.4, -0.2) is 0 Å². The van der Waals surface area contributed by atoms with Crippen molar-refractivity contribution in [3.8, 4) is 67.1 Å². The fraction of sp³-hybridized carbons (Fsp3) is 0.0545. The molecule has 0 saturated heterocycles. The maximum atomic E-state index is 6.76. The highest BCUT2D eigenvalue weighted by Crippen LogP contribution is 2.52. The van der Waals surface area contributed by atoms with Gasteiger partial charge in [-0.1, -0.05) is 159 Å². The molecule has 9 aromatic rings. The number of ether oxygens (including phenoxy) is 1. The average molecular weight is 730 g/mol. The van der Waals surface area contributed by atoms with Crippen LogP contribution < -0.4 is 9.64 Å². The van der Waals surface area contributed by atoms with Crippen LogP contribution in [0.2, 0.25) is 0 Å². The number of para-hydroxylation sites is 1. The molecule has 0 amide bonds. The number of nitrogens with zero attached hydrogens (tertiary/aromatic N) is 1. The Kier molecular flexibility index (Phi) is 7.55. The second kappa shape index (κ2) is 13.0. The van der Waals surface area contributed by atoms with Gasteiger partial charge in [-0.25, -0.2) is 0 Å². The molecule has 0 spiro atoms. The minimum absolute atomic E-state index is 0.101. The van der Waals surface area contributed by atoms with Crippen molar-refractivity contribution in [1.82, 2.24) is 0 Å². The molecule has 57 heavy (non-hydrogen) atoms. The summed E-state index contributed by atoms with van der Waals surface area (Å²) in [6.07, 6.45) is 0. The van der Waals surface area contributed by atoms with Crippen molar-refractivity contribution in [3.63, 3.8) is 0 Å². The summed E-state index contributed by atoms with van der Waals surface area (Å²) in [7, 11) is 0. The largest absolute Gasteiger partial charge is 0.455 e. The molecule has 9 aromatic carbocycles. The SMILES string of the molecule is CC1(C)c2ccccc2-c2ccc(N(c3ccc(-c4ccccc4)cc3)c3ccc(-c4ccc5c(c4)-c4ccc6ccccc6c4Oc4ccccc4-5)cc3)cc21. The standard InChI is InChI=1S/C55H39NO/c1-55(2)51-18-10-8-16-46(51)47-33-30-43(35-52(47)55)56(41-26-20-37(21-27-41)36-12-4-3-5-13-36)42-28-22-38(23-29-42)40-25-31-45-48-17-9-11-19-53(48)57-54-44-15-7-6-14-39(44)24-32-49(54)50(45)34-40/h3-35H,1-2H3. The molecule has 0 saturated carbocycles. The van der Waals surface area contributed by atoms with Crippen LogP contribution in [0.5, 0.6) is 11.5 Å². The molecule has 0 unspecified atom stereocenters. The molecule has 1 aliphatic carbocycles. The molecule has 2 nitrogen and oxygen atoms in total. The molecule has 0 N–H and O–H groups in total. The van der Waals surface area contributed by atoms with Crippen LogP contribution in [0.3, 0.4) is 0 Å². The Hall–Kier alpha value is -7.16. The Balaban J connectivity index is 1.02. The second-order valence-electron chi connectivity index (χ2n) is 15.7. The maximum Gasteiger partial charge on any atom is 0.143 e. The van der Waals surface area contributed by atoms with E-state index >= 15 is 0 Å². The van der Waals surface area contributed by atoms with Gasteiger partial charge in [-0.2, -0.15) is 0 Å². The first-order valence-corrected chi connectivity index (χ1v) is 19.8. The van der Waals surface area contributed by atoms with Crippen LogP contribution >= 0.6 is 0 Å². The van der Waals surface area contributed by atoms with E-state index in [-0.39, 0.29) is 5.41 Å². The van der Waals surface area contributed by atoms with E-state index in [1.807, 2.05) is 6.07 Å². The van der Waals surface area contributed by atoms with Crippen molar-refractivity contribution >= 4 is 27.8 Å². The number of fused-ring (bicyclic) bond motifs is 10. The smallest absolute Gasteiger partial charge is 0.143 e. The van der Waals surface area contributed by atoms with Gasteiger partial charge in [0, 0.05) is 39.0 Å². The van der Waals surface area contributed by atoms with Gasteiger partial charge in [0.25, 0.3) is 0 Å². The van der Waals surface area contributed by atoms with E-state index in [9.17, 15) is 0 Å². The number of rotatable bonds is 5. The van der Waals surface area contributed by atoms with Crippen molar-refractivity contribution in [1.29, 1.82) is 0 Å². The lowest BCUT2D eigenvalue weighted by atomic mass is 9.82. The van der Waals surface area contributed by atoms with Crippen LogP contribution in [0.4, 0.5) is 17.1 Å². The van der Waals surface area contributed by atoms with E-state index in [0.29, 0.717) is 0 Å². The van der Waals surface area contributed by atoms with E-state index in [0.717, 1.165) is 56.2 Å². The summed E-state index contributed by atoms with van der Waals surface area (Å²) >= 11 is 0. The zero-order chi connectivity index (χ0) is 38.1. The van der Waals surface area contributed by atoms with E-state index in [4.69, 9.17) is 4.74 Å². The molecular formula is C55H39NO. The van der Waals surface area contributed by atoms with Crippen LogP contribution in [-0.2, 0) is 5.41 Å². The molecule has 1 heterocycles. The minimum Gasteiger partial charge on any atom is -0.455 e. The Bertz CT molecular complexity index is 3000. The molecule has 0 fully saturated rings. The zero-order valence-electron chi connectivity index (χ0n) is 31.9. The number of anilines is 3. The van der Waals surface area contributed by atoms with Gasteiger partial charge >= 0.3 is 0 Å². The first-order valence-electron chi connectivity index (χ1n) is 19.8. The summed E-state index contributed by atoms with van der Waals surface area (Å²) in [5, 5.41) is 2.28. The lowest BCUT2D eigenvalue weighted by Crippen LogP contribution is -2.16. The van der Waals surface area contributed by atoms with Crippen molar-refractivity contribution in [2.24, 2.45) is 0 Å². The van der Waals surface area contributed by atoms with Gasteiger partial charge in [0.05, 0.1) is 0 Å². The summed E-state index contributed by atoms with van der Waals surface area (Å²) < 4.78 is 6.76. The third-order valence-electron chi connectivity index (χ3n) is 12.1. The first kappa shape index (κ1) is 33.2. The molecule has 2 heteroatoms. The average Bonchev–Trinajstić information content (AvgIpc) is 3.39. The molecular weight excluding hydrogens is 691 g/mol. The van der Waals surface area contributed by atoms with Gasteiger partial charge in [0.2, 0.25) is 0 Å². The highest BCUT2D eigenvalue weighted by molar-refractivity contribution is 6.01. The van der Waals surface area contributed by atoms with Gasteiger partial charge in [0.15, 0.2) is 0 Å². The summed E-state index contributed by atoms with van der Waals surface area (Å²) in [4.78, 5) is 2.39. The summed E-state index contributed by atoms with van der Waals surface area (Å²) in [6.45, 7) is 4.70. The van der Waals surface area contributed by atoms with Gasteiger partial charge < -0.3 is 9.64 Å². The van der Waals surface area contributed by atoms with Gasteiger partial charge in [-0.15, -0.1) is 0 Å². The van der Waals surface area contributed by atoms with E-state index < -0.39 is 0 Å². The molecule has 0 atom stereocenters. The van der Waals surface area contributed by atoms with Crippen LogP contribution in [0.1, 0.15) is 25.0 Å². The number of hydrogen-bond acceptors (Lipinski definition) is 2. The molecule has 0 bridgehead atoms. The lowest BCUT2D eigenvalue weighted by molar-refractivity contribution is 0.493. The van der Waals surface area contributed by atoms with Gasteiger partial charge in [-0.05, 0) is 116 Å². The summed E-state index contributed by atoms with van der Waals surface area (Å²) in [5.74, 6) is 1.78. The summed E-state index contributed by atoms with van der Waals surface area (Å²) in [5.41, 5.74) is 17.9. The lowest BCUT2D eigenvalue weighted by Gasteiger charge is -2.28. The van der Waals surface area contributed by atoms with Crippen molar-refractivity contribution in [2.75, 3.05) is 4.90 Å². The Morgan fingerprint density at radius 1 is 0.368 bits per heavy atom. The minimum atomic E-state index is -0.101. The van der Waals surface area contributed by atoms with Crippen LogP contribution in [0.15, 0.2) is 200 Å². The molecule has 0 radical (unpaired) electrons. The second-order valence-corrected chi connectivity index (χ2v) is 15.7. The highest BCUT2D eigenvalue weighted by atomic mass is 16.5. The quantitative estimate of drug-likeness (QED) is 0.175. The Labute approximate surface area is 333 Å². The Morgan fingerprint density at radius 3 is 1.72 bits per heavy atom. The van der Waals surface area contributed by atoms with Crippen molar-refractivity contribution < 1.29 is 4.74 Å². The molecule has 11 rings (SSSR count). The predicted molar refractivity (Wildman–Crippen MR) is 238 cm³/mol. The molecule has 270 valence electrons. The van der Waals surface area contributed by atoms with Crippen LogP contribution in [0.25, 0.3) is 66.4 Å². The zero-order valence-corrected chi connectivity index (χ0v) is 31.9.